The molecule has 0 aliphatic carbocycles. The van der Waals surface area contributed by atoms with Gasteiger partial charge in [-0.2, -0.15) is 0 Å². The molecule has 0 saturated heterocycles. The standard InChI is InChI=1S/C11H16N4O4/c1-11(2,18)6-13-9-12-3-7-4-15(19-10(16)17)5-8(7)14-9/h3,18H,4-6H2,1-2H3,(H,16,17)(H,12,13,14). The van der Waals surface area contributed by atoms with Gasteiger partial charge in [0, 0.05) is 18.3 Å². The van der Waals surface area contributed by atoms with Crippen LogP contribution in [0.3, 0.4) is 0 Å². The van der Waals surface area contributed by atoms with E-state index in [9.17, 15) is 9.90 Å². The van der Waals surface area contributed by atoms with Crippen LogP contribution in [0.1, 0.15) is 25.1 Å². The van der Waals surface area contributed by atoms with Crippen molar-refractivity contribution in [2.75, 3.05) is 11.9 Å². The maximum atomic E-state index is 10.4. The molecule has 1 aliphatic rings. The predicted octanol–water partition coefficient (Wildman–Crippen LogP) is 0.585. The normalized spacial score (nSPS) is 15.1. The Hall–Kier alpha value is -1.93. The molecule has 3 N–H and O–H groups in total. The van der Waals surface area contributed by atoms with Crippen LogP contribution in [0.2, 0.25) is 0 Å². The van der Waals surface area contributed by atoms with Gasteiger partial charge in [0.1, 0.15) is 0 Å². The zero-order valence-corrected chi connectivity index (χ0v) is 10.8. The topological polar surface area (TPSA) is 108 Å². The second kappa shape index (κ2) is 4.98. The van der Waals surface area contributed by atoms with E-state index in [-0.39, 0.29) is 0 Å². The fraction of sp³-hybridized carbons (Fsp3) is 0.545. The molecule has 0 saturated carbocycles. The monoisotopic (exact) mass is 268 g/mol. The fourth-order valence-corrected chi connectivity index (χ4v) is 1.68. The van der Waals surface area contributed by atoms with Gasteiger partial charge in [-0.05, 0) is 13.8 Å². The highest BCUT2D eigenvalue weighted by Gasteiger charge is 2.24. The summed E-state index contributed by atoms with van der Waals surface area (Å²) in [5.41, 5.74) is 0.686. The summed E-state index contributed by atoms with van der Waals surface area (Å²) in [5, 5.41) is 22.4. The van der Waals surface area contributed by atoms with Crippen molar-refractivity contribution in [1.29, 1.82) is 0 Å². The molecule has 0 amide bonds. The van der Waals surface area contributed by atoms with Gasteiger partial charge in [0.2, 0.25) is 5.95 Å². The molecule has 8 heteroatoms. The van der Waals surface area contributed by atoms with Gasteiger partial charge < -0.3 is 20.4 Å². The van der Waals surface area contributed by atoms with Gasteiger partial charge >= 0.3 is 6.16 Å². The summed E-state index contributed by atoms with van der Waals surface area (Å²) in [7, 11) is 0. The van der Waals surface area contributed by atoms with Crippen LogP contribution in [0.15, 0.2) is 6.20 Å². The number of carboxylic acid groups (broad SMARTS) is 1. The largest absolute Gasteiger partial charge is 0.525 e. The molecule has 2 rings (SSSR count). The van der Waals surface area contributed by atoms with Gasteiger partial charge in [-0.1, -0.05) is 0 Å². The van der Waals surface area contributed by atoms with Crippen molar-refractivity contribution >= 4 is 12.1 Å². The van der Waals surface area contributed by atoms with Crippen molar-refractivity contribution in [3.63, 3.8) is 0 Å². The molecule has 0 unspecified atom stereocenters. The zero-order valence-electron chi connectivity index (χ0n) is 10.8. The lowest BCUT2D eigenvalue weighted by atomic mass is 10.1. The number of hydroxylamine groups is 2. The van der Waals surface area contributed by atoms with Crippen molar-refractivity contribution < 1.29 is 19.8 Å². The molecule has 2 heterocycles. The number of nitrogens with one attached hydrogen (secondary N) is 1. The van der Waals surface area contributed by atoms with E-state index in [0.717, 1.165) is 11.3 Å². The van der Waals surface area contributed by atoms with Crippen LogP contribution in [0, 0.1) is 0 Å². The summed E-state index contributed by atoms with van der Waals surface area (Å²) in [6.45, 7) is 4.31. The minimum atomic E-state index is -1.35. The van der Waals surface area contributed by atoms with Crippen LogP contribution in [0.25, 0.3) is 0 Å². The molecule has 1 aromatic rings. The summed E-state index contributed by atoms with van der Waals surface area (Å²) in [6, 6.07) is 0. The molecule has 1 aliphatic heterocycles. The molecule has 104 valence electrons. The summed E-state index contributed by atoms with van der Waals surface area (Å²) in [5.74, 6) is 0.401. The van der Waals surface area contributed by atoms with E-state index >= 15 is 0 Å². The first-order chi connectivity index (χ1) is 8.83. The number of aromatic nitrogens is 2. The van der Waals surface area contributed by atoms with Crippen LogP contribution >= 0.6 is 0 Å². The lowest BCUT2D eigenvalue weighted by Crippen LogP contribution is -2.30. The molecule has 19 heavy (non-hydrogen) atoms. The van der Waals surface area contributed by atoms with Crippen LogP contribution in [-0.2, 0) is 17.9 Å². The molecule has 0 radical (unpaired) electrons. The number of anilines is 1. The number of hydrogen-bond acceptors (Lipinski definition) is 7. The second-order valence-electron chi connectivity index (χ2n) is 4.99. The first kappa shape index (κ1) is 13.5. The minimum Gasteiger partial charge on any atom is -0.448 e. The average molecular weight is 268 g/mol. The lowest BCUT2D eigenvalue weighted by molar-refractivity contribution is -0.125. The maximum absolute atomic E-state index is 10.4. The predicted molar refractivity (Wildman–Crippen MR) is 65.2 cm³/mol. The van der Waals surface area contributed by atoms with E-state index in [0.29, 0.717) is 25.6 Å². The van der Waals surface area contributed by atoms with E-state index in [1.807, 2.05) is 0 Å². The van der Waals surface area contributed by atoms with Gasteiger partial charge in [0.15, 0.2) is 0 Å². The van der Waals surface area contributed by atoms with E-state index in [1.165, 1.54) is 5.06 Å². The third-order valence-electron chi connectivity index (χ3n) is 2.51. The molecule has 0 spiro atoms. The van der Waals surface area contributed by atoms with Gasteiger partial charge in [-0.3, -0.25) is 0 Å². The zero-order chi connectivity index (χ0) is 14.0. The van der Waals surface area contributed by atoms with E-state index < -0.39 is 11.8 Å². The van der Waals surface area contributed by atoms with Crippen LogP contribution in [-0.4, -0.2) is 43.5 Å². The highest BCUT2D eigenvalue weighted by Crippen LogP contribution is 2.21. The number of nitrogens with zero attached hydrogens (tertiary/aromatic N) is 3. The van der Waals surface area contributed by atoms with E-state index in [2.05, 4.69) is 20.1 Å². The number of fused-ring (bicyclic) bond motifs is 1. The van der Waals surface area contributed by atoms with Crippen LogP contribution in [0.4, 0.5) is 10.7 Å². The number of aliphatic hydroxyl groups is 1. The molecular formula is C11H16N4O4. The minimum absolute atomic E-state index is 0.293. The molecular weight excluding hydrogens is 252 g/mol. The number of rotatable bonds is 4. The third kappa shape index (κ3) is 3.76. The number of carbonyl (C=O) groups is 1. The Morgan fingerprint density at radius 3 is 2.95 bits per heavy atom. The van der Waals surface area contributed by atoms with E-state index in [1.54, 1.807) is 20.0 Å². The Labute approximate surface area is 110 Å². The summed E-state index contributed by atoms with van der Waals surface area (Å²) in [4.78, 5) is 23.4. The van der Waals surface area contributed by atoms with Crippen molar-refractivity contribution in [2.24, 2.45) is 0 Å². The Balaban J connectivity index is 2.00. The molecule has 0 atom stereocenters. The molecule has 0 aromatic carbocycles. The Morgan fingerprint density at radius 2 is 2.32 bits per heavy atom. The Kier molecular flexibility index (Phi) is 3.54. The summed E-state index contributed by atoms with van der Waals surface area (Å²) < 4.78 is 0. The molecule has 0 fully saturated rings. The van der Waals surface area contributed by atoms with Crippen LogP contribution < -0.4 is 5.32 Å². The van der Waals surface area contributed by atoms with Gasteiger partial charge in [0.05, 0.1) is 24.4 Å². The summed E-state index contributed by atoms with van der Waals surface area (Å²) in [6.07, 6.45) is 0.279. The van der Waals surface area contributed by atoms with Crippen molar-refractivity contribution in [2.45, 2.75) is 32.5 Å². The quantitative estimate of drug-likeness (QED) is 0.728. The van der Waals surface area contributed by atoms with Crippen molar-refractivity contribution in [3.05, 3.63) is 17.5 Å². The first-order valence-corrected chi connectivity index (χ1v) is 5.80. The van der Waals surface area contributed by atoms with Gasteiger partial charge in [0.25, 0.3) is 0 Å². The van der Waals surface area contributed by atoms with Crippen LogP contribution in [0.5, 0.6) is 0 Å². The smallest absolute Gasteiger partial charge is 0.448 e. The molecule has 8 nitrogen and oxygen atoms in total. The highest BCUT2D eigenvalue weighted by molar-refractivity contribution is 5.56. The van der Waals surface area contributed by atoms with E-state index in [4.69, 9.17) is 5.11 Å². The van der Waals surface area contributed by atoms with Gasteiger partial charge in [-0.15, -0.1) is 5.06 Å². The fourth-order valence-electron chi connectivity index (χ4n) is 1.68. The van der Waals surface area contributed by atoms with Crippen molar-refractivity contribution in [3.8, 4) is 0 Å². The van der Waals surface area contributed by atoms with Crippen molar-refractivity contribution in [1.82, 2.24) is 15.0 Å². The Morgan fingerprint density at radius 1 is 1.58 bits per heavy atom. The SMILES string of the molecule is CC(C)(O)CNc1ncc2c(n1)CN(OC(=O)O)C2. The lowest BCUT2D eigenvalue weighted by Gasteiger charge is -2.17. The maximum Gasteiger partial charge on any atom is 0.525 e. The first-order valence-electron chi connectivity index (χ1n) is 5.80. The third-order valence-corrected chi connectivity index (χ3v) is 2.51. The van der Waals surface area contributed by atoms with Gasteiger partial charge in [-0.25, -0.2) is 14.8 Å². The highest BCUT2D eigenvalue weighted by atomic mass is 16.8. The average Bonchev–Trinajstić information content (AvgIpc) is 2.65. The second-order valence-corrected chi connectivity index (χ2v) is 4.99. The number of hydrogen-bond donors (Lipinski definition) is 3. The molecule has 0 bridgehead atoms. The molecule has 1 aromatic heterocycles. The summed E-state index contributed by atoms with van der Waals surface area (Å²) >= 11 is 0. The Bertz CT molecular complexity index is 486.